The minimum Gasteiger partial charge on any atom is -0.488 e. The summed E-state index contributed by atoms with van der Waals surface area (Å²) in [6, 6.07) is 18.9. The van der Waals surface area contributed by atoms with Gasteiger partial charge in [-0.15, -0.1) is 0 Å². The van der Waals surface area contributed by atoms with Gasteiger partial charge in [0, 0.05) is 10.5 Å². The summed E-state index contributed by atoms with van der Waals surface area (Å²) < 4.78 is 7.55. The van der Waals surface area contributed by atoms with Crippen LogP contribution in [0.5, 0.6) is 5.75 Å². The van der Waals surface area contributed by atoms with E-state index in [1.54, 1.807) is 24.3 Å². The number of nitro groups is 1. The number of carbonyl (C=O) groups is 1. The molecule has 0 aliphatic rings. The van der Waals surface area contributed by atoms with Crippen LogP contribution in [0.4, 0.5) is 5.69 Å². The highest BCUT2D eigenvalue weighted by molar-refractivity contribution is 9.10. The lowest BCUT2D eigenvalue weighted by atomic mass is 10.2. The van der Waals surface area contributed by atoms with Crippen molar-refractivity contribution in [1.29, 1.82) is 0 Å². The summed E-state index contributed by atoms with van der Waals surface area (Å²) in [5, 5.41) is 14.9. The van der Waals surface area contributed by atoms with Crippen LogP contribution < -0.4 is 10.2 Å². The Labute approximate surface area is 189 Å². The van der Waals surface area contributed by atoms with Gasteiger partial charge in [0.1, 0.15) is 17.9 Å². The highest BCUT2D eigenvalue weighted by atomic mass is 79.9. The number of hydrogen-bond acceptors (Lipinski definition) is 5. The lowest BCUT2D eigenvalue weighted by molar-refractivity contribution is -0.385. The van der Waals surface area contributed by atoms with Gasteiger partial charge in [0.05, 0.1) is 15.6 Å². The highest BCUT2D eigenvalue weighted by Gasteiger charge is 2.18. The highest BCUT2D eigenvalue weighted by Crippen LogP contribution is 2.26. The first-order valence-corrected chi connectivity index (χ1v) is 10.3. The summed E-state index contributed by atoms with van der Waals surface area (Å²) in [4.78, 5) is 22.6. The second kappa shape index (κ2) is 10.1. The fraction of sp³-hybridized carbons (Fsp3) is 0.0476. The van der Waals surface area contributed by atoms with E-state index in [0.29, 0.717) is 17.9 Å². The number of hydrogen-bond donors (Lipinski definition) is 1. The van der Waals surface area contributed by atoms with E-state index in [4.69, 9.17) is 4.74 Å². The molecular formula is C21H15Br2N3O4. The third-order valence-corrected chi connectivity index (χ3v) is 5.14. The molecule has 0 atom stereocenters. The lowest BCUT2D eigenvalue weighted by Gasteiger charge is -2.09. The standard InChI is InChI=1S/C21H15Br2N3O4/c22-16-8-5-14(6-9-16)13-30-20-10-7-15(11-18(20)23)12-24-25-21(27)17-3-1-2-4-19(17)26(28)29/h1-12H,13H2,(H,25,27)/b24-12-. The molecule has 30 heavy (non-hydrogen) atoms. The van der Waals surface area contributed by atoms with E-state index in [0.717, 1.165) is 14.5 Å². The molecule has 1 N–H and O–H groups in total. The Morgan fingerprint density at radius 1 is 1.10 bits per heavy atom. The van der Waals surface area contributed by atoms with Crippen LogP contribution in [0.3, 0.4) is 0 Å². The minimum atomic E-state index is -0.660. The summed E-state index contributed by atoms with van der Waals surface area (Å²) in [5.41, 5.74) is 3.71. The molecular weight excluding hydrogens is 518 g/mol. The number of hydrazone groups is 1. The van der Waals surface area contributed by atoms with E-state index in [9.17, 15) is 14.9 Å². The Morgan fingerprint density at radius 3 is 2.53 bits per heavy atom. The number of nitrogens with zero attached hydrogens (tertiary/aromatic N) is 2. The molecule has 0 unspecified atom stereocenters. The fourth-order valence-corrected chi connectivity index (χ4v) is 3.28. The number of rotatable bonds is 7. The molecule has 3 rings (SSSR count). The van der Waals surface area contributed by atoms with Crippen molar-refractivity contribution in [3.8, 4) is 5.75 Å². The molecule has 0 bridgehead atoms. The van der Waals surface area contributed by atoms with Crippen LogP contribution >= 0.6 is 31.9 Å². The van der Waals surface area contributed by atoms with Gasteiger partial charge in [-0.2, -0.15) is 5.10 Å². The molecule has 3 aromatic rings. The number of benzene rings is 3. The van der Waals surface area contributed by atoms with Crippen LogP contribution in [-0.4, -0.2) is 17.0 Å². The van der Waals surface area contributed by atoms with Crippen LogP contribution in [0.25, 0.3) is 0 Å². The number of carbonyl (C=O) groups excluding carboxylic acids is 1. The Kier molecular flexibility index (Phi) is 7.31. The number of nitrogens with one attached hydrogen (secondary N) is 1. The van der Waals surface area contributed by atoms with Gasteiger partial charge in [0.2, 0.25) is 0 Å². The van der Waals surface area contributed by atoms with Crippen LogP contribution in [0, 0.1) is 10.1 Å². The molecule has 0 saturated heterocycles. The van der Waals surface area contributed by atoms with Gasteiger partial charge in [-0.05, 0) is 63.5 Å². The number of ether oxygens (including phenoxy) is 1. The summed E-state index contributed by atoms with van der Waals surface area (Å²) >= 11 is 6.86. The van der Waals surface area contributed by atoms with E-state index >= 15 is 0 Å². The molecule has 9 heteroatoms. The molecule has 0 saturated carbocycles. The Balaban J connectivity index is 1.61. The molecule has 0 radical (unpaired) electrons. The van der Waals surface area contributed by atoms with Crippen molar-refractivity contribution in [2.24, 2.45) is 5.10 Å². The molecule has 1 amide bonds. The predicted octanol–water partition coefficient (Wildman–Crippen LogP) is 5.46. The van der Waals surface area contributed by atoms with Crippen LogP contribution in [-0.2, 0) is 6.61 Å². The van der Waals surface area contributed by atoms with Crippen molar-refractivity contribution in [2.45, 2.75) is 6.61 Å². The van der Waals surface area contributed by atoms with Crippen LogP contribution in [0.15, 0.2) is 80.8 Å². The maximum Gasteiger partial charge on any atom is 0.282 e. The quantitative estimate of drug-likeness (QED) is 0.248. The molecule has 0 heterocycles. The Hall–Kier alpha value is -3.04. The first-order chi connectivity index (χ1) is 14.4. The SMILES string of the molecule is O=C(N/N=C\c1ccc(OCc2ccc(Br)cc2)c(Br)c1)c1ccccc1[N+](=O)[O-]. The Bertz CT molecular complexity index is 1100. The van der Waals surface area contributed by atoms with Gasteiger partial charge in [-0.3, -0.25) is 14.9 Å². The normalized spacial score (nSPS) is 10.7. The number of nitro benzene ring substituents is 1. The van der Waals surface area contributed by atoms with Crippen LogP contribution in [0.2, 0.25) is 0 Å². The number of halogens is 2. The van der Waals surface area contributed by atoms with Crippen molar-refractivity contribution in [3.05, 3.63) is 102 Å². The number of amides is 1. The molecule has 3 aromatic carbocycles. The second-order valence-corrected chi connectivity index (χ2v) is 7.85. The van der Waals surface area contributed by atoms with Crippen molar-refractivity contribution in [2.75, 3.05) is 0 Å². The molecule has 0 fully saturated rings. The van der Waals surface area contributed by atoms with Gasteiger partial charge in [0.15, 0.2) is 0 Å². The third-order valence-electron chi connectivity index (χ3n) is 3.99. The molecule has 0 aliphatic carbocycles. The summed E-state index contributed by atoms with van der Waals surface area (Å²) in [6.45, 7) is 0.422. The van der Waals surface area contributed by atoms with Gasteiger partial charge in [0.25, 0.3) is 11.6 Å². The maximum atomic E-state index is 12.2. The van der Waals surface area contributed by atoms with Crippen molar-refractivity contribution in [1.82, 2.24) is 5.43 Å². The zero-order valence-electron chi connectivity index (χ0n) is 15.4. The zero-order valence-corrected chi connectivity index (χ0v) is 18.6. The summed E-state index contributed by atoms with van der Waals surface area (Å²) in [7, 11) is 0. The van der Waals surface area contributed by atoms with Gasteiger partial charge in [-0.1, -0.05) is 40.2 Å². The maximum absolute atomic E-state index is 12.2. The minimum absolute atomic E-state index is 0.0579. The first kappa shape index (κ1) is 21.7. The topological polar surface area (TPSA) is 93.8 Å². The molecule has 0 aliphatic heterocycles. The second-order valence-electron chi connectivity index (χ2n) is 6.08. The fourth-order valence-electron chi connectivity index (χ4n) is 2.51. The smallest absolute Gasteiger partial charge is 0.282 e. The van der Waals surface area contributed by atoms with E-state index in [1.165, 1.54) is 24.4 Å². The average Bonchev–Trinajstić information content (AvgIpc) is 2.74. The molecule has 0 spiro atoms. The monoisotopic (exact) mass is 531 g/mol. The summed E-state index contributed by atoms with van der Waals surface area (Å²) in [5.74, 6) is 0.00563. The molecule has 0 aromatic heterocycles. The van der Waals surface area contributed by atoms with E-state index in [2.05, 4.69) is 42.4 Å². The van der Waals surface area contributed by atoms with Crippen molar-refractivity contribution in [3.63, 3.8) is 0 Å². The van der Waals surface area contributed by atoms with Crippen molar-refractivity contribution >= 4 is 49.7 Å². The van der Waals surface area contributed by atoms with E-state index in [1.807, 2.05) is 24.3 Å². The molecule has 7 nitrogen and oxygen atoms in total. The van der Waals surface area contributed by atoms with Gasteiger partial charge in [-0.25, -0.2) is 5.43 Å². The first-order valence-electron chi connectivity index (χ1n) is 8.67. The predicted molar refractivity (Wildman–Crippen MR) is 121 cm³/mol. The zero-order chi connectivity index (χ0) is 21.5. The third kappa shape index (κ3) is 5.74. The molecule has 152 valence electrons. The largest absolute Gasteiger partial charge is 0.488 e. The lowest BCUT2D eigenvalue weighted by Crippen LogP contribution is -2.18. The van der Waals surface area contributed by atoms with Crippen molar-refractivity contribution < 1.29 is 14.5 Å². The average molecular weight is 533 g/mol. The van der Waals surface area contributed by atoms with E-state index < -0.39 is 10.8 Å². The summed E-state index contributed by atoms with van der Waals surface area (Å²) in [6.07, 6.45) is 1.44. The van der Waals surface area contributed by atoms with E-state index in [-0.39, 0.29) is 11.3 Å². The number of para-hydroxylation sites is 1. The van der Waals surface area contributed by atoms with Crippen LogP contribution in [0.1, 0.15) is 21.5 Å². The Morgan fingerprint density at radius 2 is 1.83 bits per heavy atom. The van der Waals surface area contributed by atoms with Gasteiger partial charge < -0.3 is 4.74 Å². The van der Waals surface area contributed by atoms with Gasteiger partial charge >= 0.3 is 0 Å².